The van der Waals surface area contributed by atoms with Gasteiger partial charge < -0.3 is 9.80 Å². The third-order valence-corrected chi connectivity index (χ3v) is 7.22. The van der Waals surface area contributed by atoms with Gasteiger partial charge in [0.05, 0.1) is 23.4 Å². The van der Waals surface area contributed by atoms with Gasteiger partial charge in [-0.15, -0.1) is 5.10 Å². The van der Waals surface area contributed by atoms with E-state index in [2.05, 4.69) is 29.1 Å². The van der Waals surface area contributed by atoms with Gasteiger partial charge in [-0.2, -0.15) is 0 Å². The van der Waals surface area contributed by atoms with Crippen molar-refractivity contribution in [1.29, 1.82) is 0 Å². The number of hydrogen-bond donors (Lipinski definition) is 0. The molecule has 0 radical (unpaired) electrons. The molecule has 0 spiro atoms. The van der Waals surface area contributed by atoms with Crippen LogP contribution in [-0.2, 0) is 9.84 Å². The van der Waals surface area contributed by atoms with Gasteiger partial charge in [-0.25, -0.2) is 13.1 Å². The van der Waals surface area contributed by atoms with Crippen LogP contribution in [0.1, 0.15) is 36.3 Å². The number of carbonyl (C=O) groups excluding carboxylic acids is 1. The second-order valence-electron chi connectivity index (χ2n) is 7.47. The number of rotatable bonds is 8. The average molecular weight is 420 g/mol. The number of likely N-dealkylation sites (N-methyl/N-ethyl adjacent to an activating group) is 1. The molecular weight excluding hydrogens is 390 g/mol. The molecule has 1 atom stereocenters. The van der Waals surface area contributed by atoms with E-state index in [0.717, 1.165) is 24.3 Å². The molecule has 0 N–H and O–H groups in total. The zero-order valence-electron chi connectivity index (χ0n) is 17.3. The highest BCUT2D eigenvalue weighted by atomic mass is 32.2. The van der Waals surface area contributed by atoms with E-state index >= 15 is 0 Å². The molecule has 158 valence electrons. The van der Waals surface area contributed by atoms with E-state index in [1.807, 2.05) is 31.2 Å². The average Bonchev–Trinajstić information content (AvgIpc) is 3.32. The van der Waals surface area contributed by atoms with Gasteiger partial charge in [-0.3, -0.25) is 4.79 Å². The zero-order valence-corrected chi connectivity index (χ0v) is 18.1. The molecule has 3 rings (SSSR count). The topological polar surface area (TPSA) is 88.4 Å². The maximum Gasteiger partial charge on any atom is 0.276 e. The summed E-state index contributed by atoms with van der Waals surface area (Å²) in [5, 5.41) is 8.16. The molecule has 1 amide bonds. The van der Waals surface area contributed by atoms with Crippen LogP contribution in [0.2, 0.25) is 0 Å². The Labute approximate surface area is 172 Å². The summed E-state index contributed by atoms with van der Waals surface area (Å²) in [5.41, 5.74) is 2.19. The Morgan fingerprint density at radius 2 is 1.86 bits per heavy atom. The van der Waals surface area contributed by atoms with E-state index in [1.54, 1.807) is 15.8 Å². The minimum absolute atomic E-state index is 0.0170. The van der Waals surface area contributed by atoms with E-state index < -0.39 is 9.84 Å². The molecule has 1 fully saturated rings. The highest BCUT2D eigenvalue weighted by molar-refractivity contribution is 7.91. The van der Waals surface area contributed by atoms with Crippen LogP contribution >= 0.6 is 0 Å². The fourth-order valence-electron chi connectivity index (χ4n) is 3.59. The summed E-state index contributed by atoms with van der Waals surface area (Å²) in [6, 6.07) is 7.46. The van der Waals surface area contributed by atoms with Crippen LogP contribution in [-0.4, -0.2) is 82.8 Å². The highest BCUT2D eigenvalue weighted by Gasteiger charge is 2.35. The van der Waals surface area contributed by atoms with Crippen LogP contribution in [0.3, 0.4) is 0 Å². The number of aromatic nitrogens is 3. The van der Waals surface area contributed by atoms with Crippen molar-refractivity contribution in [3.8, 4) is 5.69 Å². The van der Waals surface area contributed by atoms with Crippen molar-refractivity contribution in [1.82, 2.24) is 24.8 Å². The molecule has 1 saturated heterocycles. The van der Waals surface area contributed by atoms with Crippen molar-refractivity contribution >= 4 is 15.7 Å². The minimum atomic E-state index is -3.10. The molecule has 0 aliphatic carbocycles. The van der Waals surface area contributed by atoms with Gasteiger partial charge in [0.2, 0.25) is 0 Å². The van der Waals surface area contributed by atoms with Crippen molar-refractivity contribution in [2.24, 2.45) is 0 Å². The summed E-state index contributed by atoms with van der Waals surface area (Å²) < 4.78 is 25.6. The lowest BCUT2D eigenvalue weighted by Gasteiger charge is -2.30. The molecule has 1 aliphatic rings. The number of benzene rings is 1. The quantitative estimate of drug-likeness (QED) is 0.645. The first-order chi connectivity index (χ1) is 13.8. The van der Waals surface area contributed by atoms with Crippen LogP contribution in [0.5, 0.6) is 0 Å². The van der Waals surface area contributed by atoms with Gasteiger partial charge >= 0.3 is 0 Å². The zero-order chi connectivity index (χ0) is 21.0. The fraction of sp³-hybridized carbons (Fsp3) is 0.550. The van der Waals surface area contributed by atoms with Crippen LogP contribution in [0.25, 0.3) is 5.69 Å². The maximum absolute atomic E-state index is 13.2. The van der Waals surface area contributed by atoms with Crippen molar-refractivity contribution < 1.29 is 13.2 Å². The van der Waals surface area contributed by atoms with E-state index in [9.17, 15) is 13.2 Å². The predicted octanol–water partition coefficient (Wildman–Crippen LogP) is 1.55. The predicted molar refractivity (Wildman–Crippen MR) is 112 cm³/mol. The lowest BCUT2D eigenvalue weighted by atomic mass is 10.2. The molecule has 2 heterocycles. The maximum atomic E-state index is 13.2. The number of sulfone groups is 1. The monoisotopic (exact) mass is 419 g/mol. The molecule has 0 bridgehead atoms. The SMILES string of the molecule is CCN(CC)CCN(C(=O)c1cn(-c2ccc(C)cc2)nn1)C1CCS(=O)(=O)C1. The summed E-state index contributed by atoms with van der Waals surface area (Å²) >= 11 is 0. The summed E-state index contributed by atoms with van der Waals surface area (Å²) in [4.78, 5) is 17.1. The van der Waals surface area contributed by atoms with Crippen molar-refractivity contribution in [3.05, 3.63) is 41.7 Å². The summed E-state index contributed by atoms with van der Waals surface area (Å²) in [7, 11) is -3.10. The molecule has 1 aromatic heterocycles. The van der Waals surface area contributed by atoms with Crippen LogP contribution in [0, 0.1) is 6.92 Å². The first-order valence-electron chi connectivity index (χ1n) is 10.1. The van der Waals surface area contributed by atoms with Gasteiger partial charge in [0.15, 0.2) is 15.5 Å². The minimum Gasteiger partial charge on any atom is -0.332 e. The second kappa shape index (κ2) is 9.04. The summed E-state index contributed by atoms with van der Waals surface area (Å²) in [5.74, 6) is -0.121. The van der Waals surface area contributed by atoms with Crippen molar-refractivity contribution in [2.75, 3.05) is 37.7 Å². The normalized spacial score (nSPS) is 18.3. The third-order valence-electron chi connectivity index (χ3n) is 5.47. The van der Waals surface area contributed by atoms with Gasteiger partial charge in [0, 0.05) is 19.1 Å². The largest absolute Gasteiger partial charge is 0.332 e. The smallest absolute Gasteiger partial charge is 0.276 e. The number of aryl methyl sites for hydroxylation is 1. The van der Waals surface area contributed by atoms with Gasteiger partial charge in [0.25, 0.3) is 5.91 Å². The first kappa shape index (κ1) is 21.4. The van der Waals surface area contributed by atoms with Gasteiger partial charge in [-0.1, -0.05) is 36.8 Å². The molecule has 29 heavy (non-hydrogen) atoms. The third kappa shape index (κ3) is 5.22. The Morgan fingerprint density at radius 3 is 2.45 bits per heavy atom. The van der Waals surface area contributed by atoms with Crippen molar-refractivity contribution in [2.45, 2.75) is 33.2 Å². The molecule has 1 aliphatic heterocycles. The van der Waals surface area contributed by atoms with E-state index in [-0.39, 0.29) is 29.1 Å². The molecule has 1 aromatic carbocycles. The number of nitrogens with zero attached hydrogens (tertiary/aromatic N) is 5. The Morgan fingerprint density at radius 1 is 1.17 bits per heavy atom. The van der Waals surface area contributed by atoms with E-state index in [4.69, 9.17) is 0 Å². The molecule has 0 saturated carbocycles. The molecule has 9 heteroatoms. The van der Waals surface area contributed by atoms with Crippen LogP contribution in [0.15, 0.2) is 30.5 Å². The lowest BCUT2D eigenvalue weighted by molar-refractivity contribution is 0.0668. The Hall–Kier alpha value is -2.26. The summed E-state index contributed by atoms with van der Waals surface area (Å²) in [6.07, 6.45) is 2.08. The Kier molecular flexibility index (Phi) is 6.69. The molecule has 2 aromatic rings. The number of carbonyl (C=O) groups is 1. The highest BCUT2D eigenvalue weighted by Crippen LogP contribution is 2.20. The Bertz CT molecular complexity index is 935. The molecular formula is C20H29N5O3S. The molecule has 1 unspecified atom stereocenters. The lowest BCUT2D eigenvalue weighted by Crippen LogP contribution is -2.45. The standard InChI is InChI=1S/C20H29N5O3S/c1-4-23(5-2)11-12-24(18-10-13-29(27,28)15-18)20(26)19-14-25(22-21-19)17-8-6-16(3)7-9-17/h6-9,14,18H,4-5,10-13,15H2,1-3H3. The van der Waals surface area contributed by atoms with E-state index in [1.165, 1.54) is 0 Å². The van der Waals surface area contributed by atoms with Crippen LogP contribution < -0.4 is 0 Å². The van der Waals surface area contributed by atoms with Gasteiger partial charge in [0.1, 0.15) is 0 Å². The molecule has 8 nitrogen and oxygen atoms in total. The first-order valence-corrected chi connectivity index (χ1v) is 11.9. The summed E-state index contributed by atoms with van der Waals surface area (Å²) in [6.45, 7) is 9.07. The van der Waals surface area contributed by atoms with Gasteiger partial charge in [-0.05, 0) is 38.6 Å². The number of amides is 1. The Balaban J connectivity index is 1.81. The fourth-order valence-corrected chi connectivity index (χ4v) is 5.32. The second-order valence-corrected chi connectivity index (χ2v) is 9.69. The van der Waals surface area contributed by atoms with E-state index in [0.29, 0.717) is 19.5 Å². The number of hydrogen-bond acceptors (Lipinski definition) is 6. The van der Waals surface area contributed by atoms with Crippen LogP contribution in [0.4, 0.5) is 0 Å². The van der Waals surface area contributed by atoms with Crippen molar-refractivity contribution in [3.63, 3.8) is 0 Å².